The van der Waals surface area contributed by atoms with Gasteiger partial charge in [-0.2, -0.15) is 0 Å². The first-order valence-electron chi connectivity index (χ1n) is 9.31. The highest BCUT2D eigenvalue weighted by molar-refractivity contribution is 6.30. The van der Waals surface area contributed by atoms with Crippen molar-refractivity contribution < 1.29 is 4.79 Å². The van der Waals surface area contributed by atoms with Crippen LogP contribution in [-0.2, 0) is 24.1 Å². The molecule has 0 radical (unpaired) electrons. The van der Waals surface area contributed by atoms with E-state index in [-0.39, 0.29) is 11.9 Å². The zero-order valence-corrected chi connectivity index (χ0v) is 15.6. The van der Waals surface area contributed by atoms with Crippen LogP contribution in [0.5, 0.6) is 0 Å². The molecule has 0 heterocycles. The third-order valence-corrected chi connectivity index (χ3v) is 5.32. The summed E-state index contributed by atoms with van der Waals surface area (Å²) in [5, 5.41) is 3.93. The van der Waals surface area contributed by atoms with Crippen LogP contribution in [0.4, 0.5) is 0 Å². The maximum Gasteiger partial charge on any atom is 0.220 e. The maximum atomic E-state index is 12.4. The molecule has 0 aromatic heterocycles. The topological polar surface area (TPSA) is 29.1 Å². The molecule has 2 nitrogen and oxygen atoms in total. The summed E-state index contributed by atoms with van der Waals surface area (Å²) in [6, 6.07) is 14.6. The SMILES string of the molecule is CCC(NC(=O)CCc1ccc(Cl)cc1)c1ccc2c(c1)CCCC2. The van der Waals surface area contributed by atoms with E-state index in [9.17, 15) is 4.79 Å². The van der Waals surface area contributed by atoms with Crippen molar-refractivity contribution in [2.45, 2.75) is 57.9 Å². The van der Waals surface area contributed by atoms with Crippen molar-refractivity contribution in [1.29, 1.82) is 0 Å². The minimum Gasteiger partial charge on any atom is -0.349 e. The van der Waals surface area contributed by atoms with Gasteiger partial charge in [-0.1, -0.05) is 48.9 Å². The van der Waals surface area contributed by atoms with Crippen LogP contribution in [0, 0.1) is 0 Å². The lowest BCUT2D eigenvalue weighted by Gasteiger charge is -2.21. The number of rotatable bonds is 6. The lowest BCUT2D eigenvalue weighted by Crippen LogP contribution is -2.28. The largest absolute Gasteiger partial charge is 0.349 e. The first-order chi connectivity index (χ1) is 12.2. The molecule has 0 spiro atoms. The average Bonchev–Trinajstić information content (AvgIpc) is 2.65. The molecule has 0 saturated heterocycles. The normalized spacial score (nSPS) is 14.6. The van der Waals surface area contributed by atoms with Crippen LogP contribution in [0.2, 0.25) is 5.02 Å². The van der Waals surface area contributed by atoms with Crippen molar-refractivity contribution in [1.82, 2.24) is 5.32 Å². The Morgan fingerprint density at radius 2 is 1.80 bits per heavy atom. The summed E-state index contributed by atoms with van der Waals surface area (Å²) >= 11 is 5.90. The fourth-order valence-corrected chi connectivity index (χ4v) is 3.69. The number of hydrogen-bond acceptors (Lipinski definition) is 1. The number of aryl methyl sites for hydroxylation is 3. The summed E-state index contributed by atoms with van der Waals surface area (Å²) in [5.74, 6) is 0.111. The van der Waals surface area contributed by atoms with Crippen LogP contribution in [-0.4, -0.2) is 5.91 Å². The summed E-state index contributed by atoms with van der Waals surface area (Å²) in [4.78, 5) is 12.4. The van der Waals surface area contributed by atoms with E-state index in [0.29, 0.717) is 6.42 Å². The molecule has 1 aliphatic rings. The van der Waals surface area contributed by atoms with Gasteiger partial charge in [0.2, 0.25) is 5.91 Å². The van der Waals surface area contributed by atoms with Gasteiger partial charge in [0.15, 0.2) is 0 Å². The molecule has 1 atom stereocenters. The second kappa shape index (κ2) is 8.53. The third-order valence-electron chi connectivity index (χ3n) is 5.07. The minimum atomic E-state index is 0.102. The van der Waals surface area contributed by atoms with Crippen LogP contribution in [0.15, 0.2) is 42.5 Å². The van der Waals surface area contributed by atoms with Crippen molar-refractivity contribution in [2.75, 3.05) is 0 Å². The lowest BCUT2D eigenvalue weighted by molar-refractivity contribution is -0.121. The van der Waals surface area contributed by atoms with Gasteiger partial charge in [-0.05, 0) is 72.9 Å². The highest BCUT2D eigenvalue weighted by Crippen LogP contribution is 2.26. The molecule has 1 aliphatic carbocycles. The van der Waals surface area contributed by atoms with Crippen molar-refractivity contribution in [3.8, 4) is 0 Å². The van der Waals surface area contributed by atoms with Gasteiger partial charge in [0.25, 0.3) is 0 Å². The van der Waals surface area contributed by atoms with Gasteiger partial charge >= 0.3 is 0 Å². The molecule has 0 saturated carbocycles. The van der Waals surface area contributed by atoms with Crippen LogP contribution >= 0.6 is 11.6 Å². The van der Waals surface area contributed by atoms with Crippen LogP contribution in [0.25, 0.3) is 0 Å². The molecule has 2 aromatic rings. The summed E-state index contributed by atoms with van der Waals surface area (Å²) in [7, 11) is 0. The molecular formula is C22H26ClNO. The Balaban J connectivity index is 1.59. The van der Waals surface area contributed by atoms with Crippen molar-refractivity contribution in [2.24, 2.45) is 0 Å². The van der Waals surface area contributed by atoms with Gasteiger partial charge in [-0.3, -0.25) is 4.79 Å². The molecule has 0 bridgehead atoms. The second-order valence-corrected chi connectivity index (χ2v) is 7.33. The number of hydrogen-bond donors (Lipinski definition) is 1. The van der Waals surface area contributed by atoms with Gasteiger partial charge in [0, 0.05) is 11.4 Å². The predicted molar refractivity (Wildman–Crippen MR) is 104 cm³/mol. The standard InChI is InChI=1S/C22H26ClNO/c1-2-21(19-11-10-17-5-3-4-6-18(17)15-19)24-22(25)14-9-16-7-12-20(23)13-8-16/h7-8,10-13,15,21H,2-6,9,14H2,1H3,(H,24,25). The number of halogens is 1. The highest BCUT2D eigenvalue weighted by Gasteiger charge is 2.16. The molecule has 1 amide bonds. The van der Waals surface area contributed by atoms with Crippen molar-refractivity contribution in [3.05, 3.63) is 69.7 Å². The fraction of sp³-hybridized carbons (Fsp3) is 0.409. The van der Waals surface area contributed by atoms with E-state index in [1.807, 2.05) is 24.3 Å². The molecular weight excluding hydrogens is 330 g/mol. The maximum absolute atomic E-state index is 12.4. The van der Waals surface area contributed by atoms with Crippen LogP contribution in [0.3, 0.4) is 0 Å². The van der Waals surface area contributed by atoms with Gasteiger partial charge in [-0.15, -0.1) is 0 Å². The Labute approximate surface area is 155 Å². The molecule has 3 heteroatoms. The van der Waals surface area contributed by atoms with Gasteiger partial charge < -0.3 is 5.32 Å². The van der Waals surface area contributed by atoms with Gasteiger partial charge in [-0.25, -0.2) is 0 Å². The number of benzene rings is 2. The summed E-state index contributed by atoms with van der Waals surface area (Å²) < 4.78 is 0. The number of amides is 1. The average molecular weight is 356 g/mol. The second-order valence-electron chi connectivity index (χ2n) is 6.89. The Morgan fingerprint density at radius 1 is 1.08 bits per heavy atom. The Hall–Kier alpha value is -1.80. The fourth-order valence-electron chi connectivity index (χ4n) is 3.57. The zero-order chi connectivity index (χ0) is 17.6. The van der Waals surface area contributed by atoms with Crippen molar-refractivity contribution in [3.63, 3.8) is 0 Å². The molecule has 2 aromatic carbocycles. The molecule has 1 N–H and O–H groups in total. The molecule has 0 aliphatic heterocycles. The van der Waals surface area contributed by atoms with E-state index in [1.54, 1.807) is 0 Å². The summed E-state index contributed by atoms with van der Waals surface area (Å²) in [5.41, 5.74) is 5.33. The van der Waals surface area contributed by atoms with Gasteiger partial charge in [0.05, 0.1) is 6.04 Å². The Kier molecular flexibility index (Phi) is 6.14. The quantitative estimate of drug-likeness (QED) is 0.736. The molecule has 0 fully saturated rings. The van der Waals surface area contributed by atoms with Crippen molar-refractivity contribution >= 4 is 17.5 Å². The first kappa shape index (κ1) is 18.0. The van der Waals surface area contributed by atoms with E-state index >= 15 is 0 Å². The molecule has 25 heavy (non-hydrogen) atoms. The first-order valence-corrected chi connectivity index (χ1v) is 9.69. The molecule has 1 unspecified atom stereocenters. The van der Waals surface area contributed by atoms with E-state index in [1.165, 1.54) is 42.4 Å². The molecule has 132 valence electrons. The smallest absolute Gasteiger partial charge is 0.220 e. The van der Waals surface area contributed by atoms with E-state index in [2.05, 4.69) is 30.4 Å². The van der Waals surface area contributed by atoms with E-state index in [4.69, 9.17) is 11.6 Å². The number of fused-ring (bicyclic) bond motifs is 1. The number of nitrogens with one attached hydrogen (secondary N) is 1. The summed E-state index contributed by atoms with van der Waals surface area (Å²) in [6.07, 6.45) is 7.09. The minimum absolute atomic E-state index is 0.102. The molecule has 3 rings (SSSR count). The lowest BCUT2D eigenvalue weighted by atomic mass is 9.89. The van der Waals surface area contributed by atoms with Crippen LogP contribution < -0.4 is 5.32 Å². The Bertz CT molecular complexity index is 723. The van der Waals surface area contributed by atoms with Gasteiger partial charge in [0.1, 0.15) is 0 Å². The highest BCUT2D eigenvalue weighted by atomic mass is 35.5. The zero-order valence-electron chi connectivity index (χ0n) is 14.9. The Morgan fingerprint density at radius 3 is 2.52 bits per heavy atom. The number of carbonyl (C=O) groups is 1. The summed E-state index contributed by atoms with van der Waals surface area (Å²) in [6.45, 7) is 2.13. The van der Waals surface area contributed by atoms with Crippen LogP contribution in [0.1, 0.15) is 60.9 Å². The monoisotopic (exact) mass is 355 g/mol. The predicted octanol–water partition coefficient (Wildman–Crippen LogP) is 5.42. The third kappa shape index (κ3) is 4.85. The number of carbonyl (C=O) groups excluding carboxylic acids is 1. The van der Waals surface area contributed by atoms with E-state index < -0.39 is 0 Å². The van der Waals surface area contributed by atoms with E-state index in [0.717, 1.165) is 23.4 Å².